The molecule has 1 aromatic rings. The molecule has 4 unspecified atom stereocenters. The molecule has 0 amide bonds. The van der Waals surface area contributed by atoms with Gasteiger partial charge in [0.1, 0.15) is 12.4 Å². The lowest BCUT2D eigenvalue weighted by molar-refractivity contribution is 0.0719. The second-order valence-corrected chi connectivity index (χ2v) is 10.3. The molecule has 0 spiro atoms. The molecule has 1 aromatic carbocycles. The highest BCUT2D eigenvalue weighted by molar-refractivity contribution is 5.30. The van der Waals surface area contributed by atoms with Crippen LogP contribution in [-0.4, -0.2) is 6.61 Å². The summed E-state index contributed by atoms with van der Waals surface area (Å²) in [5.74, 6) is 6.72. The molecule has 0 aromatic heterocycles. The van der Waals surface area contributed by atoms with Crippen molar-refractivity contribution >= 4 is 0 Å². The first kappa shape index (κ1) is 21.7. The molecule has 1 nitrogen and oxygen atoms in total. The lowest BCUT2D eigenvalue weighted by atomic mass is 9.61. The van der Waals surface area contributed by atoms with E-state index in [1.165, 1.54) is 63.4 Å². The summed E-state index contributed by atoms with van der Waals surface area (Å²) in [7, 11) is 0. The second-order valence-electron chi connectivity index (χ2n) is 10.3. The molecule has 3 aliphatic carbocycles. The van der Waals surface area contributed by atoms with Crippen LogP contribution >= 0.6 is 0 Å². The van der Waals surface area contributed by atoms with Gasteiger partial charge in [-0.1, -0.05) is 36.4 Å². The quantitative estimate of drug-likeness (QED) is 0.431. The lowest BCUT2D eigenvalue weighted by Gasteiger charge is -2.45. The van der Waals surface area contributed by atoms with Crippen molar-refractivity contribution in [3.05, 3.63) is 54.1 Å². The van der Waals surface area contributed by atoms with Gasteiger partial charge in [0.25, 0.3) is 0 Å². The molecule has 0 heterocycles. The van der Waals surface area contributed by atoms with E-state index >= 15 is 0 Å². The van der Waals surface area contributed by atoms with Gasteiger partial charge in [-0.2, -0.15) is 0 Å². The Morgan fingerprint density at radius 3 is 2.07 bits per heavy atom. The van der Waals surface area contributed by atoms with E-state index in [1.54, 1.807) is 6.42 Å². The van der Waals surface area contributed by atoms with Crippen LogP contribution in [0.5, 0.6) is 5.75 Å². The van der Waals surface area contributed by atoms with Crippen molar-refractivity contribution in [1.29, 1.82) is 0 Å². The lowest BCUT2D eigenvalue weighted by Crippen LogP contribution is -2.34. The first-order valence-corrected chi connectivity index (χ1v) is 12.7. The van der Waals surface area contributed by atoms with E-state index in [2.05, 4.69) is 49.4 Å². The number of benzene rings is 1. The third-order valence-corrected chi connectivity index (χ3v) is 8.53. The Bertz CT molecular complexity index is 692. The Kier molecular flexibility index (Phi) is 7.74. The van der Waals surface area contributed by atoms with E-state index in [0.29, 0.717) is 6.61 Å². The first-order chi connectivity index (χ1) is 14.8. The van der Waals surface area contributed by atoms with Crippen LogP contribution in [0.25, 0.3) is 0 Å². The molecule has 1 heteroatoms. The van der Waals surface area contributed by atoms with Crippen LogP contribution in [0.4, 0.5) is 0 Å². The minimum Gasteiger partial charge on any atom is -0.490 e. The van der Waals surface area contributed by atoms with Crippen LogP contribution in [0.3, 0.4) is 0 Å². The number of rotatable bonds is 6. The minimum atomic E-state index is 0.667. The van der Waals surface area contributed by atoms with Gasteiger partial charge in [-0.05, 0) is 131 Å². The Balaban J connectivity index is 1.24. The summed E-state index contributed by atoms with van der Waals surface area (Å²) in [4.78, 5) is 0. The SMILES string of the molecule is C/C=C/COc1ccc(C2CCC(C3CCC4CC(/C=C/C)CCC4C3)CC2)cc1. The van der Waals surface area contributed by atoms with Gasteiger partial charge in [0.2, 0.25) is 0 Å². The van der Waals surface area contributed by atoms with Crippen molar-refractivity contribution in [2.45, 2.75) is 84.0 Å². The third kappa shape index (κ3) is 5.40. The maximum atomic E-state index is 5.76. The summed E-state index contributed by atoms with van der Waals surface area (Å²) in [6.07, 6.45) is 23.5. The molecular weight excluding hydrogens is 364 g/mol. The van der Waals surface area contributed by atoms with Gasteiger partial charge in [-0.15, -0.1) is 0 Å². The number of allylic oxidation sites excluding steroid dienone is 3. The third-order valence-electron chi connectivity index (χ3n) is 8.53. The van der Waals surface area contributed by atoms with E-state index < -0.39 is 0 Å². The minimum absolute atomic E-state index is 0.667. The number of hydrogen-bond donors (Lipinski definition) is 0. The highest BCUT2D eigenvalue weighted by Crippen LogP contribution is 2.50. The molecule has 4 rings (SSSR count). The Morgan fingerprint density at radius 1 is 0.733 bits per heavy atom. The van der Waals surface area contributed by atoms with Crippen LogP contribution in [0.15, 0.2) is 48.6 Å². The fraction of sp³-hybridized carbons (Fsp3) is 0.655. The Morgan fingerprint density at radius 2 is 1.37 bits per heavy atom. The molecule has 4 atom stereocenters. The van der Waals surface area contributed by atoms with Gasteiger partial charge in [0.05, 0.1) is 0 Å². The molecule has 0 N–H and O–H groups in total. The van der Waals surface area contributed by atoms with E-state index in [4.69, 9.17) is 4.74 Å². The van der Waals surface area contributed by atoms with Gasteiger partial charge in [-0.25, -0.2) is 0 Å². The van der Waals surface area contributed by atoms with Gasteiger partial charge in [0.15, 0.2) is 0 Å². The molecule has 164 valence electrons. The van der Waals surface area contributed by atoms with Crippen LogP contribution in [0.2, 0.25) is 0 Å². The van der Waals surface area contributed by atoms with Crippen molar-refractivity contribution in [2.24, 2.45) is 29.6 Å². The van der Waals surface area contributed by atoms with E-state index in [1.807, 2.05) is 13.0 Å². The predicted molar refractivity (Wildman–Crippen MR) is 128 cm³/mol. The second kappa shape index (κ2) is 10.7. The van der Waals surface area contributed by atoms with E-state index in [0.717, 1.165) is 41.3 Å². The fourth-order valence-electron chi connectivity index (χ4n) is 6.84. The van der Waals surface area contributed by atoms with Gasteiger partial charge in [0, 0.05) is 0 Å². The zero-order chi connectivity index (χ0) is 20.8. The fourth-order valence-corrected chi connectivity index (χ4v) is 6.84. The van der Waals surface area contributed by atoms with Crippen LogP contribution in [-0.2, 0) is 0 Å². The highest BCUT2D eigenvalue weighted by atomic mass is 16.5. The summed E-state index contributed by atoms with van der Waals surface area (Å²) in [6.45, 7) is 4.89. The number of ether oxygens (including phenoxy) is 1. The van der Waals surface area contributed by atoms with Crippen molar-refractivity contribution < 1.29 is 4.74 Å². The van der Waals surface area contributed by atoms with Crippen molar-refractivity contribution in [1.82, 2.24) is 0 Å². The smallest absolute Gasteiger partial charge is 0.119 e. The standard InChI is InChI=1S/C29H42O/c1-3-5-19-30-29-17-15-24(16-18-29)23-9-11-25(12-10-23)27-14-13-26-20-22(6-4-2)7-8-28(26)21-27/h3-6,15-18,22-23,25-28H,7-14,19-21H2,1-2H3/b5-3+,6-4+. The molecule has 0 radical (unpaired) electrons. The van der Waals surface area contributed by atoms with E-state index in [-0.39, 0.29) is 0 Å². The van der Waals surface area contributed by atoms with Crippen molar-refractivity contribution in [2.75, 3.05) is 6.61 Å². The molecule has 3 fully saturated rings. The zero-order valence-electron chi connectivity index (χ0n) is 19.3. The van der Waals surface area contributed by atoms with E-state index in [9.17, 15) is 0 Å². The normalized spacial score (nSPS) is 34.9. The van der Waals surface area contributed by atoms with Crippen LogP contribution in [0.1, 0.15) is 89.5 Å². The number of fused-ring (bicyclic) bond motifs is 1. The zero-order valence-corrected chi connectivity index (χ0v) is 19.3. The predicted octanol–water partition coefficient (Wildman–Crippen LogP) is 8.32. The average molecular weight is 407 g/mol. The summed E-state index contributed by atoms with van der Waals surface area (Å²) in [5.41, 5.74) is 1.53. The molecule has 0 aliphatic heterocycles. The van der Waals surface area contributed by atoms with Crippen molar-refractivity contribution in [3.8, 4) is 5.75 Å². The summed E-state index contributed by atoms with van der Waals surface area (Å²) >= 11 is 0. The topological polar surface area (TPSA) is 9.23 Å². The largest absolute Gasteiger partial charge is 0.490 e. The summed E-state index contributed by atoms with van der Waals surface area (Å²) in [6, 6.07) is 8.95. The summed E-state index contributed by atoms with van der Waals surface area (Å²) < 4.78 is 5.76. The maximum absolute atomic E-state index is 5.76. The highest BCUT2D eigenvalue weighted by Gasteiger charge is 2.38. The van der Waals surface area contributed by atoms with Gasteiger partial charge >= 0.3 is 0 Å². The first-order valence-electron chi connectivity index (χ1n) is 12.7. The maximum Gasteiger partial charge on any atom is 0.119 e. The molecular formula is C29H42O. The van der Waals surface area contributed by atoms with Crippen LogP contribution < -0.4 is 4.74 Å². The van der Waals surface area contributed by atoms with Gasteiger partial charge < -0.3 is 4.74 Å². The molecule has 30 heavy (non-hydrogen) atoms. The Labute approximate surface area is 185 Å². The average Bonchev–Trinajstić information content (AvgIpc) is 2.80. The van der Waals surface area contributed by atoms with Crippen molar-refractivity contribution in [3.63, 3.8) is 0 Å². The number of hydrogen-bond acceptors (Lipinski definition) is 1. The molecule has 0 bridgehead atoms. The molecule has 0 saturated heterocycles. The molecule has 3 saturated carbocycles. The Hall–Kier alpha value is -1.50. The van der Waals surface area contributed by atoms with Crippen LogP contribution in [0, 0.1) is 29.6 Å². The summed E-state index contributed by atoms with van der Waals surface area (Å²) in [5, 5.41) is 0. The molecule has 3 aliphatic rings. The monoisotopic (exact) mass is 406 g/mol. The van der Waals surface area contributed by atoms with Gasteiger partial charge in [-0.3, -0.25) is 0 Å².